The van der Waals surface area contributed by atoms with Crippen molar-refractivity contribution in [3.05, 3.63) is 12.4 Å². The zero-order chi connectivity index (χ0) is 13.1. The third kappa shape index (κ3) is 2.37. The Morgan fingerprint density at radius 1 is 1.26 bits per heavy atom. The highest BCUT2D eigenvalue weighted by atomic mass is 16.3. The third-order valence-electron chi connectivity index (χ3n) is 4.00. The van der Waals surface area contributed by atoms with Crippen molar-refractivity contribution in [2.24, 2.45) is 5.41 Å². The first-order valence-electron chi connectivity index (χ1n) is 6.70. The molecule has 0 radical (unpaired) electrons. The normalized spacial score (nSPS) is 18.6. The molecule has 7 nitrogen and oxygen atoms in total. The number of aromatic nitrogens is 5. The number of aliphatic hydroxyl groups excluding tert-OH is 1. The van der Waals surface area contributed by atoms with Gasteiger partial charge in [0.1, 0.15) is 5.82 Å². The minimum absolute atomic E-state index is 0.0194. The molecule has 102 valence electrons. The lowest BCUT2D eigenvalue weighted by molar-refractivity contribution is 0.0943. The summed E-state index contributed by atoms with van der Waals surface area (Å²) in [5.41, 5.74) is 0.598. The Balaban J connectivity index is 1.76. The van der Waals surface area contributed by atoms with Crippen LogP contribution in [0.3, 0.4) is 0 Å². The molecule has 1 fully saturated rings. The van der Waals surface area contributed by atoms with Crippen LogP contribution in [0.15, 0.2) is 12.4 Å². The van der Waals surface area contributed by atoms with Crippen LogP contribution in [0.25, 0.3) is 5.65 Å². The first-order chi connectivity index (χ1) is 9.33. The van der Waals surface area contributed by atoms with E-state index in [9.17, 15) is 5.11 Å². The van der Waals surface area contributed by atoms with Crippen molar-refractivity contribution in [2.75, 3.05) is 18.5 Å². The fourth-order valence-corrected chi connectivity index (χ4v) is 2.77. The van der Waals surface area contributed by atoms with E-state index >= 15 is 0 Å². The lowest BCUT2D eigenvalue weighted by Crippen LogP contribution is -2.36. The molecule has 0 atom stereocenters. The molecule has 0 amide bonds. The molecule has 2 aromatic rings. The predicted octanol–water partition coefficient (Wildman–Crippen LogP) is 0.874. The fraction of sp³-hybridized carbons (Fsp3) is 0.667. The van der Waals surface area contributed by atoms with Gasteiger partial charge >= 0.3 is 0 Å². The summed E-state index contributed by atoms with van der Waals surface area (Å²) in [5, 5.41) is 24.4. The largest absolute Gasteiger partial charge is 0.396 e. The predicted molar refractivity (Wildman–Crippen MR) is 69.7 cm³/mol. The molecule has 2 heterocycles. The van der Waals surface area contributed by atoms with Crippen molar-refractivity contribution < 1.29 is 5.11 Å². The van der Waals surface area contributed by atoms with Crippen molar-refractivity contribution in [3.8, 4) is 0 Å². The van der Waals surface area contributed by atoms with Crippen molar-refractivity contribution in [1.82, 2.24) is 25.0 Å². The van der Waals surface area contributed by atoms with Gasteiger partial charge in [0.05, 0.1) is 19.0 Å². The molecule has 2 aromatic heterocycles. The lowest BCUT2D eigenvalue weighted by Gasteiger charge is -2.35. The Bertz CT molecular complexity index is 548. The molecule has 3 rings (SSSR count). The second-order valence-electron chi connectivity index (χ2n) is 5.31. The van der Waals surface area contributed by atoms with Gasteiger partial charge in [-0.25, -0.2) is 0 Å². The maximum atomic E-state index is 9.69. The molecule has 0 saturated heterocycles. The van der Waals surface area contributed by atoms with E-state index < -0.39 is 0 Å². The summed E-state index contributed by atoms with van der Waals surface area (Å²) in [6, 6.07) is 0. The van der Waals surface area contributed by atoms with Gasteiger partial charge in [-0.15, -0.1) is 5.10 Å². The quantitative estimate of drug-likeness (QED) is 0.850. The Labute approximate surface area is 111 Å². The summed E-state index contributed by atoms with van der Waals surface area (Å²) in [6.45, 7) is 0.948. The Hall–Kier alpha value is -1.76. The van der Waals surface area contributed by atoms with Gasteiger partial charge in [-0.05, 0) is 23.3 Å². The average molecular weight is 262 g/mol. The molecule has 19 heavy (non-hydrogen) atoms. The molecule has 1 aliphatic carbocycles. The third-order valence-corrected chi connectivity index (χ3v) is 4.00. The van der Waals surface area contributed by atoms with Gasteiger partial charge in [0.2, 0.25) is 0 Å². The maximum absolute atomic E-state index is 9.69. The SMILES string of the molecule is OCC1(CNc2cncc3nnnn23)CCCCC1. The first-order valence-corrected chi connectivity index (χ1v) is 6.70. The van der Waals surface area contributed by atoms with Crippen LogP contribution in [0.1, 0.15) is 32.1 Å². The molecule has 2 N–H and O–H groups in total. The molecule has 0 bridgehead atoms. The Morgan fingerprint density at radius 2 is 2.11 bits per heavy atom. The summed E-state index contributed by atoms with van der Waals surface area (Å²) < 4.78 is 1.63. The molecule has 0 unspecified atom stereocenters. The fourth-order valence-electron chi connectivity index (χ4n) is 2.77. The van der Waals surface area contributed by atoms with E-state index in [-0.39, 0.29) is 12.0 Å². The average Bonchev–Trinajstić information content (AvgIpc) is 2.95. The second-order valence-corrected chi connectivity index (χ2v) is 5.31. The molecule has 0 aliphatic heterocycles. The summed E-state index contributed by atoms with van der Waals surface area (Å²) in [7, 11) is 0. The number of hydrogen-bond donors (Lipinski definition) is 2. The number of rotatable bonds is 4. The van der Waals surface area contributed by atoms with Crippen LogP contribution in [0.2, 0.25) is 0 Å². The van der Waals surface area contributed by atoms with E-state index in [2.05, 4.69) is 25.8 Å². The molecule has 7 heteroatoms. The van der Waals surface area contributed by atoms with Crippen LogP contribution in [0, 0.1) is 5.41 Å². The van der Waals surface area contributed by atoms with E-state index in [1.807, 2.05) is 0 Å². The van der Waals surface area contributed by atoms with Gasteiger partial charge in [0, 0.05) is 12.0 Å². The monoisotopic (exact) mass is 262 g/mol. The topological polar surface area (TPSA) is 88.2 Å². The van der Waals surface area contributed by atoms with Crippen LogP contribution >= 0.6 is 0 Å². The van der Waals surface area contributed by atoms with Gasteiger partial charge in [-0.1, -0.05) is 19.3 Å². The molecule has 1 aliphatic rings. The van der Waals surface area contributed by atoms with E-state index in [1.54, 1.807) is 16.9 Å². The molecular formula is C12H18N6O. The van der Waals surface area contributed by atoms with E-state index in [4.69, 9.17) is 0 Å². The second kappa shape index (κ2) is 5.08. The van der Waals surface area contributed by atoms with Crippen molar-refractivity contribution in [1.29, 1.82) is 0 Å². The van der Waals surface area contributed by atoms with E-state index in [0.29, 0.717) is 5.65 Å². The van der Waals surface area contributed by atoms with Gasteiger partial charge in [-0.3, -0.25) is 4.98 Å². The highest BCUT2D eigenvalue weighted by molar-refractivity contribution is 5.43. The maximum Gasteiger partial charge on any atom is 0.199 e. The number of tetrazole rings is 1. The standard InChI is InChI=1S/C12H18N6O/c19-9-12(4-2-1-3-5-12)8-14-10-6-13-7-11-15-16-17-18(10)11/h6-7,14,19H,1-5,8-9H2. The lowest BCUT2D eigenvalue weighted by atomic mass is 9.74. The Kier molecular flexibility index (Phi) is 3.29. The number of anilines is 1. The minimum Gasteiger partial charge on any atom is -0.396 e. The highest BCUT2D eigenvalue weighted by Gasteiger charge is 2.31. The summed E-state index contributed by atoms with van der Waals surface area (Å²) >= 11 is 0. The number of hydrogen-bond acceptors (Lipinski definition) is 6. The van der Waals surface area contributed by atoms with Crippen molar-refractivity contribution in [3.63, 3.8) is 0 Å². The van der Waals surface area contributed by atoms with Gasteiger partial charge in [0.25, 0.3) is 0 Å². The molecule has 1 saturated carbocycles. The molecular weight excluding hydrogens is 244 g/mol. The van der Waals surface area contributed by atoms with Crippen LogP contribution < -0.4 is 5.32 Å². The van der Waals surface area contributed by atoms with Gasteiger partial charge in [0.15, 0.2) is 5.65 Å². The van der Waals surface area contributed by atoms with Crippen LogP contribution in [0.4, 0.5) is 5.82 Å². The van der Waals surface area contributed by atoms with Crippen LogP contribution in [0.5, 0.6) is 0 Å². The van der Waals surface area contributed by atoms with E-state index in [1.165, 1.54) is 19.3 Å². The van der Waals surface area contributed by atoms with Crippen molar-refractivity contribution >= 4 is 11.5 Å². The van der Waals surface area contributed by atoms with Crippen LogP contribution in [-0.4, -0.2) is 43.3 Å². The number of nitrogens with zero attached hydrogens (tertiary/aromatic N) is 5. The van der Waals surface area contributed by atoms with Gasteiger partial charge in [-0.2, -0.15) is 4.52 Å². The molecule has 0 aromatic carbocycles. The number of nitrogens with one attached hydrogen (secondary N) is 1. The zero-order valence-electron chi connectivity index (χ0n) is 10.8. The number of aliphatic hydroxyl groups is 1. The van der Waals surface area contributed by atoms with Crippen LogP contribution in [-0.2, 0) is 0 Å². The van der Waals surface area contributed by atoms with E-state index in [0.717, 1.165) is 25.2 Å². The highest BCUT2D eigenvalue weighted by Crippen LogP contribution is 2.35. The zero-order valence-corrected chi connectivity index (χ0v) is 10.8. The smallest absolute Gasteiger partial charge is 0.199 e. The first kappa shape index (κ1) is 12.3. The Morgan fingerprint density at radius 3 is 2.89 bits per heavy atom. The molecule has 0 spiro atoms. The van der Waals surface area contributed by atoms with Crippen molar-refractivity contribution in [2.45, 2.75) is 32.1 Å². The minimum atomic E-state index is -0.0194. The van der Waals surface area contributed by atoms with Gasteiger partial charge < -0.3 is 10.4 Å². The summed E-state index contributed by atoms with van der Waals surface area (Å²) in [4.78, 5) is 4.11. The summed E-state index contributed by atoms with van der Waals surface area (Å²) in [5.74, 6) is 0.765. The number of fused-ring (bicyclic) bond motifs is 1. The summed E-state index contributed by atoms with van der Waals surface area (Å²) in [6.07, 6.45) is 9.10.